The van der Waals surface area contributed by atoms with Gasteiger partial charge in [0.1, 0.15) is 5.75 Å². The minimum Gasteiger partial charge on any atom is -0.508 e. The van der Waals surface area contributed by atoms with E-state index >= 15 is 0 Å². The Morgan fingerprint density at radius 3 is 3.00 bits per heavy atom. The molecule has 2 nitrogen and oxygen atoms in total. The molecule has 2 heteroatoms. The maximum absolute atomic E-state index is 9.75. The first kappa shape index (κ1) is 9.53. The van der Waals surface area contributed by atoms with E-state index in [1.165, 1.54) is 12.0 Å². The minimum absolute atomic E-state index is 0.362. The van der Waals surface area contributed by atoms with Crippen molar-refractivity contribution in [3.63, 3.8) is 0 Å². The third-order valence-corrected chi connectivity index (χ3v) is 2.94. The van der Waals surface area contributed by atoms with E-state index in [0.717, 1.165) is 24.9 Å². The van der Waals surface area contributed by atoms with E-state index in [-0.39, 0.29) is 0 Å². The normalized spacial score (nSPS) is 21.4. The molecule has 0 radical (unpaired) electrons. The number of rotatable bonds is 2. The van der Waals surface area contributed by atoms with Crippen LogP contribution in [0.25, 0.3) is 0 Å². The van der Waals surface area contributed by atoms with Crippen molar-refractivity contribution >= 4 is 0 Å². The molecule has 1 aromatic rings. The van der Waals surface area contributed by atoms with Gasteiger partial charge < -0.3 is 10.4 Å². The Hall–Kier alpha value is -1.02. The van der Waals surface area contributed by atoms with Gasteiger partial charge in [0, 0.05) is 11.6 Å². The van der Waals surface area contributed by atoms with Gasteiger partial charge in [-0.25, -0.2) is 0 Å². The van der Waals surface area contributed by atoms with E-state index in [4.69, 9.17) is 0 Å². The second-order valence-electron chi connectivity index (χ2n) is 3.90. The summed E-state index contributed by atoms with van der Waals surface area (Å²) in [6, 6.07) is 6.29. The van der Waals surface area contributed by atoms with Gasteiger partial charge in [-0.15, -0.1) is 0 Å². The molecule has 0 saturated carbocycles. The van der Waals surface area contributed by atoms with Gasteiger partial charge in [-0.3, -0.25) is 0 Å². The van der Waals surface area contributed by atoms with Crippen molar-refractivity contribution in [1.82, 2.24) is 5.32 Å². The van der Waals surface area contributed by atoms with Gasteiger partial charge in [-0.2, -0.15) is 0 Å². The summed E-state index contributed by atoms with van der Waals surface area (Å²) in [6.45, 7) is 3.21. The van der Waals surface area contributed by atoms with Crippen LogP contribution in [-0.2, 0) is 6.42 Å². The molecule has 0 unspecified atom stereocenters. The molecule has 0 amide bonds. The quantitative estimate of drug-likeness (QED) is 0.752. The van der Waals surface area contributed by atoms with Crippen LogP contribution in [0.15, 0.2) is 18.2 Å². The van der Waals surface area contributed by atoms with Crippen LogP contribution in [0.4, 0.5) is 0 Å². The Morgan fingerprint density at radius 1 is 1.50 bits per heavy atom. The van der Waals surface area contributed by atoms with E-state index in [1.54, 1.807) is 0 Å². The van der Waals surface area contributed by atoms with E-state index in [0.29, 0.717) is 11.8 Å². The first-order valence-electron chi connectivity index (χ1n) is 5.36. The van der Waals surface area contributed by atoms with Crippen molar-refractivity contribution in [1.29, 1.82) is 0 Å². The fourth-order valence-electron chi connectivity index (χ4n) is 2.05. The number of benzene rings is 1. The summed E-state index contributed by atoms with van der Waals surface area (Å²) in [4.78, 5) is 0. The fourth-order valence-corrected chi connectivity index (χ4v) is 2.05. The zero-order valence-corrected chi connectivity index (χ0v) is 8.59. The number of hydrogen-bond donors (Lipinski definition) is 2. The van der Waals surface area contributed by atoms with E-state index < -0.39 is 0 Å². The van der Waals surface area contributed by atoms with Crippen molar-refractivity contribution in [3.05, 3.63) is 29.3 Å². The molecule has 1 fully saturated rings. The van der Waals surface area contributed by atoms with Crippen molar-refractivity contribution < 1.29 is 5.11 Å². The molecule has 1 heterocycles. The van der Waals surface area contributed by atoms with Gasteiger partial charge in [-0.1, -0.05) is 19.1 Å². The standard InChI is InChI=1S/C12H17NO/c1-2-9-5-6-12(14)10(8-9)11-4-3-7-13-11/h5-6,8,11,13-14H,2-4,7H2,1H3/t11-/m0/s1. The summed E-state index contributed by atoms with van der Waals surface area (Å²) in [6.07, 6.45) is 3.38. The van der Waals surface area contributed by atoms with Crippen LogP contribution in [-0.4, -0.2) is 11.7 Å². The summed E-state index contributed by atoms with van der Waals surface area (Å²) in [5.74, 6) is 0.432. The van der Waals surface area contributed by atoms with Crippen molar-refractivity contribution in [2.45, 2.75) is 32.2 Å². The molecule has 2 N–H and O–H groups in total. The van der Waals surface area contributed by atoms with Gasteiger partial charge in [0.05, 0.1) is 0 Å². The van der Waals surface area contributed by atoms with Crippen molar-refractivity contribution in [3.8, 4) is 5.75 Å². The average Bonchev–Trinajstić information content (AvgIpc) is 2.71. The number of aryl methyl sites for hydroxylation is 1. The van der Waals surface area contributed by atoms with Crippen LogP contribution in [0.3, 0.4) is 0 Å². The molecular formula is C12H17NO. The molecule has 0 aromatic heterocycles. The smallest absolute Gasteiger partial charge is 0.120 e. The summed E-state index contributed by atoms with van der Waals surface area (Å²) < 4.78 is 0. The number of hydrogen-bond acceptors (Lipinski definition) is 2. The summed E-state index contributed by atoms with van der Waals surface area (Å²) in [5, 5.41) is 13.2. The molecule has 1 aliphatic heterocycles. The predicted octanol–water partition coefficient (Wildman–Crippen LogP) is 2.38. The Bertz CT molecular complexity index is 316. The SMILES string of the molecule is CCc1ccc(O)c([C@@H]2CCCN2)c1. The highest BCUT2D eigenvalue weighted by Gasteiger charge is 2.19. The molecule has 1 aliphatic rings. The highest BCUT2D eigenvalue weighted by atomic mass is 16.3. The highest BCUT2D eigenvalue weighted by molar-refractivity contribution is 5.38. The van der Waals surface area contributed by atoms with E-state index in [9.17, 15) is 5.11 Å². The number of phenols is 1. The minimum atomic E-state index is 0.362. The lowest BCUT2D eigenvalue weighted by Gasteiger charge is -2.13. The molecule has 14 heavy (non-hydrogen) atoms. The molecule has 1 atom stereocenters. The maximum atomic E-state index is 9.75. The molecule has 2 rings (SSSR count). The van der Waals surface area contributed by atoms with Crippen LogP contribution >= 0.6 is 0 Å². The van der Waals surface area contributed by atoms with Crippen LogP contribution in [0.1, 0.15) is 36.9 Å². The molecule has 0 aliphatic carbocycles. The number of phenolic OH excluding ortho intramolecular Hbond substituents is 1. The summed E-state index contributed by atoms with van der Waals surface area (Å²) >= 11 is 0. The highest BCUT2D eigenvalue weighted by Crippen LogP contribution is 2.30. The largest absolute Gasteiger partial charge is 0.508 e. The lowest BCUT2D eigenvalue weighted by atomic mass is 10.0. The van der Waals surface area contributed by atoms with Crippen molar-refractivity contribution in [2.75, 3.05) is 6.54 Å². The first-order chi connectivity index (χ1) is 6.81. The van der Waals surface area contributed by atoms with Crippen LogP contribution in [0.5, 0.6) is 5.75 Å². The second kappa shape index (κ2) is 4.01. The zero-order chi connectivity index (χ0) is 9.97. The van der Waals surface area contributed by atoms with Crippen LogP contribution in [0.2, 0.25) is 0 Å². The first-order valence-corrected chi connectivity index (χ1v) is 5.36. The second-order valence-corrected chi connectivity index (χ2v) is 3.90. The van der Waals surface area contributed by atoms with E-state index in [2.05, 4.69) is 18.3 Å². The Balaban J connectivity index is 2.29. The molecule has 0 spiro atoms. The average molecular weight is 191 g/mol. The Labute approximate surface area is 85.0 Å². The van der Waals surface area contributed by atoms with Gasteiger partial charge >= 0.3 is 0 Å². The lowest BCUT2D eigenvalue weighted by Crippen LogP contribution is -2.13. The van der Waals surface area contributed by atoms with Crippen LogP contribution < -0.4 is 5.32 Å². The van der Waals surface area contributed by atoms with E-state index in [1.807, 2.05) is 12.1 Å². The predicted molar refractivity (Wildman–Crippen MR) is 57.5 cm³/mol. The van der Waals surface area contributed by atoms with Crippen LogP contribution in [0, 0.1) is 0 Å². The summed E-state index contributed by atoms with van der Waals surface area (Å²) in [5.41, 5.74) is 2.37. The molecule has 76 valence electrons. The Kier molecular flexibility index (Phi) is 2.73. The Morgan fingerprint density at radius 2 is 2.36 bits per heavy atom. The number of aromatic hydroxyl groups is 1. The van der Waals surface area contributed by atoms with Gasteiger partial charge in [0.2, 0.25) is 0 Å². The fraction of sp³-hybridized carbons (Fsp3) is 0.500. The third kappa shape index (κ3) is 1.75. The number of nitrogens with one attached hydrogen (secondary N) is 1. The monoisotopic (exact) mass is 191 g/mol. The molecule has 1 saturated heterocycles. The topological polar surface area (TPSA) is 32.3 Å². The van der Waals surface area contributed by atoms with Gasteiger partial charge in [0.15, 0.2) is 0 Å². The van der Waals surface area contributed by atoms with Crippen molar-refractivity contribution in [2.24, 2.45) is 0 Å². The van der Waals surface area contributed by atoms with Gasteiger partial charge in [0.25, 0.3) is 0 Å². The molecule has 1 aromatic carbocycles. The van der Waals surface area contributed by atoms with Gasteiger partial charge in [-0.05, 0) is 37.4 Å². The molecule has 0 bridgehead atoms. The zero-order valence-electron chi connectivity index (χ0n) is 8.59. The third-order valence-electron chi connectivity index (χ3n) is 2.94. The lowest BCUT2D eigenvalue weighted by molar-refractivity contribution is 0.456. The molecular weight excluding hydrogens is 174 g/mol. The maximum Gasteiger partial charge on any atom is 0.120 e. The summed E-state index contributed by atoms with van der Waals surface area (Å²) in [7, 11) is 0.